The smallest absolute Gasteiger partial charge is 0 e. The minimum atomic E-state index is 0. The molecule has 1 rings (SSSR count). The van der Waals surface area contributed by atoms with Crippen LogP contribution in [-0.4, -0.2) is 98.6 Å². The van der Waals surface area contributed by atoms with Gasteiger partial charge in [-0.3, -0.25) is 0 Å². The van der Waals surface area contributed by atoms with Gasteiger partial charge >= 0.3 is 117 Å². The monoisotopic (exact) mass is 1640 g/mol. The molecule has 0 amide bonds. The van der Waals surface area contributed by atoms with Crippen molar-refractivity contribution in [3.05, 3.63) is 30.1 Å². The molecule has 0 fully saturated rings. The van der Waals surface area contributed by atoms with Crippen LogP contribution in [0.2, 0.25) is 0 Å². The van der Waals surface area contributed by atoms with E-state index in [1.165, 1.54) is 20.4 Å². The first-order chi connectivity index (χ1) is 6.97. The Labute approximate surface area is 317 Å². The standard InChI is InChI=1S/C12H16IN.Mo.18H2O.5W/c1-7(2)10-5-9(13)6-11(8(3)4)12(10)14;;;;;;;;;;;;;;;;;;;;;;;;/h5-8H,1-4H3;;18*1H2;;;;;/q+1;;;;;;;;;;;;;;;;;;;;;;;;. The van der Waals surface area contributed by atoms with E-state index < -0.39 is 0 Å². The van der Waals surface area contributed by atoms with Crippen LogP contribution in [0.5, 0.6) is 0 Å². The maximum absolute atomic E-state index is 4.46. The predicted octanol–water partition coefficient (Wildman–Crippen LogP) is -9.85. The molecular formula is C12H52IMoNO18W5+. The second-order valence-electron chi connectivity index (χ2n) is 4.33. The third-order valence-corrected chi connectivity index (χ3v) is 3.54. The van der Waals surface area contributed by atoms with Crippen LogP contribution in [-0.2, 0) is 125 Å². The first kappa shape index (κ1) is 202. The van der Waals surface area contributed by atoms with Crippen LogP contribution in [0, 0.1) is 3.57 Å². The Morgan fingerprint density at radius 1 is 0.474 bits per heavy atom. The van der Waals surface area contributed by atoms with Crippen molar-refractivity contribution in [1.29, 1.82) is 0 Å². The average molecular weight is 1640 g/mol. The molecule has 0 aliphatic carbocycles. The number of halogens is 1. The Morgan fingerprint density at radius 3 is 0.737 bits per heavy atom. The molecule has 0 aromatic heterocycles. The summed E-state index contributed by atoms with van der Waals surface area (Å²) in [6.45, 7) is 8.91. The maximum Gasteiger partial charge on any atom is 0 e. The molecule has 0 atom stereocenters. The predicted molar refractivity (Wildman–Crippen MR) is 135 cm³/mol. The van der Waals surface area contributed by atoms with Gasteiger partial charge in [-0.15, -0.1) is 0 Å². The summed E-state index contributed by atoms with van der Waals surface area (Å²) in [5.41, 5.74) is 3.94. The summed E-state index contributed by atoms with van der Waals surface area (Å²) < 4.78 is 5.77. The van der Waals surface area contributed by atoms with Gasteiger partial charge in [0.15, 0.2) is 0 Å². The van der Waals surface area contributed by atoms with Crippen molar-refractivity contribution in [3.8, 4) is 0 Å². The number of hydrogen-bond acceptors (Lipinski definition) is 0. The molecule has 0 aliphatic heterocycles. The van der Waals surface area contributed by atoms with Crippen molar-refractivity contribution >= 4 is 28.3 Å². The van der Waals surface area contributed by atoms with Crippen molar-refractivity contribution in [2.24, 2.45) is 0 Å². The molecule has 38 heavy (non-hydrogen) atoms. The molecule has 0 heterocycles. The van der Waals surface area contributed by atoms with Gasteiger partial charge < -0.3 is 98.6 Å². The van der Waals surface area contributed by atoms with Crippen LogP contribution >= 0.6 is 22.6 Å². The summed E-state index contributed by atoms with van der Waals surface area (Å²) in [7, 11) is 0. The minimum absolute atomic E-state index is 0. The molecule has 0 saturated carbocycles. The maximum atomic E-state index is 4.46. The SMILES string of the molecule is CC(C)c1cc(I)cc(C(C)C)c1[N+]#[Mo].O.O.O.O.O.O.O.O.O.O.O.O.O.O.O.O.O.O.[W].[W].[W].[W].[W]. The Morgan fingerprint density at radius 2 is 0.632 bits per heavy atom. The minimum Gasteiger partial charge on any atom is -0.412 e. The molecule has 0 saturated heterocycles. The van der Waals surface area contributed by atoms with Crippen molar-refractivity contribution in [2.45, 2.75) is 39.5 Å². The van der Waals surface area contributed by atoms with Crippen LogP contribution in [0.4, 0.5) is 5.69 Å². The van der Waals surface area contributed by atoms with E-state index in [1.807, 2.05) is 19.4 Å². The van der Waals surface area contributed by atoms with Crippen molar-refractivity contribution in [1.82, 2.24) is 0 Å². The van der Waals surface area contributed by atoms with Crippen molar-refractivity contribution < 1.29 is 223 Å². The zero-order chi connectivity index (χ0) is 11.6. The van der Waals surface area contributed by atoms with Crippen LogP contribution in [0.25, 0.3) is 3.31 Å². The van der Waals surface area contributed by atoms with Gasteiger partial charge in [0.05, 0.1) is 0 Å². The molecule has 19 nitrogen and oxygen atoms in total. The summed E-state index contributed by atoms with van der Waals surface area (Å²) in [5.74, 6) is 1.08. The summed E-state index contributed by atoms with van der Waals surface area (Å²) in [4.78, 5) is 0. The van der Waals surface area contributed by atoms with E-state index in [0.717, 1.165) is 0 Å². The van der Waals surface area contributed by atoms with Crippen LogP contribution in [0.1, 0.15) is 50.7 Å². The number of rotatable bonds is 2. The first-order valence-electron chi connectivity index (χ1n) is 5.14. The zero-order valence-electron chi connectivity index (χ0n) is 20.6. The normalized spacial score (nSPS) is 4.26. The summed E-state index contributed by atoms with van der Waals surface area (Å²) >= 11 is 4.21. The number of benzene rings is 1. The number of hydrogen-bond donors (Lipinski definition) is 0. The van der Waals surface area contributed by atoms with Gasteiger partial charge in [0.25, 0.3) is 0 Å². The van der Waals surface area contributed by atoms with Gasteiger partial charge in [-0.1, -0.05) is 0 Å². The molecular weight excluding hydrogens is 1590 g/mol. The molecule has 26 heteroatoms. The van der Waals surface area contributed by atoms with Gasteiger partial charge in [-0.25, -0.2) is 0 Å². The van der Waals surface area contributed by atoms with Crippen LogP contribution < -0.4 is 0 Å². The van der Waals surface area contributed by atoms with E-state index in [0.29, 0.717) is 11.8 Å². The average Bonchev–Trinajstić information content (AvgIpc) is 2.16. The Bertz CT molecular complexity index is 430. The van der Waals surface area contributed by atoms with E-state index in [9.17, 15) is 0 Å². The fourth-order valence-corrected chi connectivity index (χ4v) is 2.82. The van der Waals surface area contributed by atoms with E-state index in [4.69, 9.17) is 0 Å². The number of nitrogens with zero attached hydrogens (tertiary/aromatic N) is 1. The first-order valence-corrected chi connectivity index (χ1v) is 7.11. The molecule has 1 aromatic rings. The second kappa shape index (κ2) is 106. The molecule has 0 aliphatic rings. The molecule has 1 aromatic carbocycles. The van der Waals surface area contributed by atoms with Crippen LogP contribution in [0.3, 0.4) is 0 Å². The third kappa shape index (κ3) is 67.0. The Balaban J connectivity index is -0.00000000466. The molecule has 0 bridgehead atoms. The molecule has 0 radical (unpaired) electrons. The van der Waals surface area contributed by atoms with E-state index in [-0.39, 0.29) is 204 Å². The fourth-order valence-electron chi connectivity index (χ4n) is 1.63. The van der Waals surface area contributed by atoms with Crippen molar-refractivity contribution in [2.75, 3.05) is 0 Å². The van der Waals surface area contributed by atoms with Gasteiger partial charge in [0.2, 0.25) is 0 Å². The third-order valence-electron chi connectivity index (χ3n) is 2.47. The second-order valence-corrected chi connectivity index (χ2v) is 6.03. The van der Waals surface area contributed by atoms with Crippen LogP contribution in [0.15, 0.2) is 12.1 Å². The largest absolute Gasteiger partial charge is 0.412 e. The zero-order valence-corrected chi connectivity index (χ0v) is 39.4. The van der Waals surface area contributed by atoms with Gasteiger partial charge in [0, 0.05) is 105 Å². The van der Waals surface area contributed by atoms with Gasteiger partial charge in [-0.2, -0.15) is 0 Å². The van der Waals surface area contributed by atoms with Gasteiger partial charge in [-0.05, 0) is 0 Å². The molecule has 36 N–H and O–H groups in total. The molecule has 0 unspecified atom stereocenters. The van der Waals surface area contributed by atoms with E-state index in [1.54, 1.807) is 0 Å². The fraction of sp³-hybridized carbons (Fsp3) is 0.500. The topological polar surface area (TPSA) is 571 Å². The molecule has 255 valence electrons. The van der Waals surface area contributed by atoms with E-state index >= 15 is 0 Å². The molecule has 0 spiro atoms. The van der Waals surface area contributed by atoms with Crippen molar-refractivity contribution in [3.63, 3.8) is 0 Å². The Hall–Kier alpha value is 3.07. The van der Waals surface area contributed by atoms with E-state index in [2.05, 4.69) is 65.7 Å². The summed E-state index contributed by atoms with van der Waals surface area (Å²) in [6.07, 6.45) is 0. The Kier molecular flexibility index (Phi) is 561. The van der Waals surface area contributed by atoms with Gasteiger partial charge in [0.1, 0.15) is 0 Å². The quantitative estimate of drug-likeness (QED) is 0.197. The summed E-state index contributed by atoms with van der Waals surface area (Å²) in [5, 5.41) is 0. The summed E-state index contributed by atoms with van der Waals surface area (Å²) in [6, 6.07) is 4.50.